The van der Waals surface area contributed by atoms with Gasteiger partial charge in [0.15, 0.2) is 0 Å². The fraction of sp³-hybridized carbons (Fsp3) is 0.333. The first-order valence-corrected chi connectivity index (χ1v) is 3.51. The van der Waals surface area contributed by atoms with E-state index < -0.39 is 0 Å². The molecule has 0 aliphatic rings. The van der Waals surface area contributed by atoms with Crippen LogP contribution in [0.25, 0.3) is 0 Å². The Bertz CT molecular complexity index is 82.2. The van der Waals surface area contributed by atoms with E-state index in [1.165, 1.54) is 5.57 Å². The Labute approximate surface area is 58.4 Å². The summed E-state index contributed by atoms with van der Waals surface area (Å²) >= 11 is 2.22. The van der Waals surface area contributed by atoms with Crippen LogP contribution in [0.4, 0.5) is 0 Å². The predicted octanol–water partition coefficient (Wildman–Crippen LogP) is 2.90. The smallest absolute Gasteiger partial charge is 0.0202 e. The molecule has 0 aromatic heterocycles. The van der Waals surface area contributed by atoms with Gasteiger partial charge in [-0.05, 0) is 16.1 Å². The Morgan fingerprint density at radius 1 is 1.86 bits per heavy atom. The summed E-state index contributed by atoms with van der Waals surface area (Å²) in [6, 6.07) is 0. The highest BCUT2D eigenvalue weighted by Crippen LogP contribution is 2.03. The van der Waals surface area contributed by atoms with Gasteiger partial charge < -0.3 is 0 Å². The second kappa shape index (κ2) is 4.37. The molecular formula is C6H9I. The van der Waals surface area contributed by atoms with Crippen molar-refractivity contribution in [3.05, 3.63) is 22.3 Å². The van der Waals surface area contributed by atoms with Crippen molar-refractivity contribution in [1.82, 2.24) is 0 Å². The Balaban J connectivity index is 3.60. The first kappa shape index (κ1) is 7.21. The van der Waals surface area contributed by atoms with Crippen LogP contribution >= 0.6 is 22.6 Å². The van der Waals surface area contributed by atoms with Crippen LogP contribution in [0.1, 0.15) is 13.3 Å². The highest BCUT2D eigenvalue weighted by molar-refractivity contribution is 14.1. The van der Waals surface area contributed by atoms with Crippen LogP contribution in [-0.4, -0.2) is 0 Å². The van der Waals surface area contributed by atoms with Gasteiger partial charge >= 0.3 is 0 Å². The van der Waals surface area contributed by atoms with Gasteiger partial charge in [0, 0.05) is 0 Å². The van der Waals surface area contributed by atoms with E-state index in [1.807, 2.05) is 10.2 Å². The summed E-state index contributed by atoms with van der Waals surface area (Å²) in [6.45, 7) is 5.75. The number of hydrogen-bond acceptors (Lipinski definition) is 0. The van der Waals surface area contributed by atoms with Gasteiger partial charge in [-0.2, -0.15) is 0 Å². The Morgan fingerprint density at radius 2 is 2.43 bits per heavy atom. The van der Waals surface area contributed by atoms with Crippen LogP contribution in [0, 0.1) is 0 Å². The molecule has 0 spiro atoms. The molecule has 0 bridgehead atoms. The maximum absolute atomic E-state index is 3.63. The van der Waals surface area contributed by atoms with E-state index >= 15 is 0 Å². The van der Waals surface area contributed by atoms with Crippen molar-refractivity contribution < 1.29 is 0 Å². The van der Waals surface area contributed by atoms with E-state index in [4.69, 9.17) is 0 Å². The Morgan fingerprint density at radius 3 is 2.43 bits per heavy atom. The van der Waals surface area contributed by atoms with E-state index in [0.717, 1.165) is 6.42 Å². The first-order chi connectivity index (χ1) is 3.35. The molecule has 1 heteroatoms. The largest absolute Gasteiger partial charge is 0.0988 e. The number of hydrogen-bond donors (Lipinski definition) is 0. The van der Waals surface area contributed by atoms with Crippen LogP contribution in [0.15, 0.2) is 22.3 Å². The molecule has 7 heavy (non-hydrogen) atoms. The van der Waals surface area contributed by atoms with Crippen LogP contribution < -0.4 is 0 Å². The molecule has 0 aliphatic carbocycles. The van der Waals surface area contributed by atoms with E-state index in [2.05, 4.69) is 36.1 Å². The lowest BCUT2D eigenvalue weighted by Gasteiger charge is -1.87. The number of halogens is 1. The predicted molar refractivity (Wildman–Crippen MR) is 42.6 cm³/mol. The van der Waals surface area contributed by atoms with Gasteiger partial charge in [-0.25, -0.2) is 0 Å². The minimum absolute atomic E-state index is 1.09. The van der Waals surface area contributed by atoms with E-state index in [1.54, 1.807) is 0 Å². The van der Waals surface area contributed by atoms with Crippen molar-refractivity contribution >= 4 is 22.6 Å². The van der Waals surface area contributed by atoms with Crippen molar-refractivity contribution in [1.29, 1.82) is 0 Å². The topological polar surface area (TPSA) is 0 Å². The number of allylic oxidation sites excluding steroid dienone is 2. The molecule has 0 unspecified atom stereocenters. The fourth-order valence-electron chi connectivity index (χ4n) is 0.266. The second-order valence-corrected chi connectivity index (χ2v) is 1.86. The summed E-state index contributed by atoms with van der Waals surface area (Å²) in [5.41, 5.74) is 1.31. The molecule has 0 fully saturated rings. The zero-order chi connectivity index (χ0) is 5.70. The van der Waals surface area contributed by atoms with Crippen molar-refractivity contribution in [2.75, 3.05) is 0 Å². The van der Waals surface area contributed by atoms with Crippen molar-refractivity contribution in [3.63, 3.8) is 0 Å². The molecule has 0 heterocycles. The zero-order valence-corrected chi connectivity index (χ0v) is 6.60. The quantitative estimate of drug-likeness (QED) is 0.483. The summed E-state index contributed by atoms with van der Waals surface area (Å²) in [5, 5.41) is 0. The van der Waals surface area contributed by atoms with Crippen LogP contribution in [0.2, 0.25) is 0 Å². The Kier molecular flexibility index (Phi) is 4.50. The van der Waals surface area contributed by atoms with Crippen LogP contribution in [0.3, 0.4) is 0 Å². The molecule has 0 radical (unpaired) electrons. The minimum atomic E-state index is 1.09. The van der Waals surface area contributed by atoms with Gasteiger partial charge in [0.2, 0.25) is 0 Å². The maximum Gasteiger partial charge on any atom is -0.0202 e. The molecule has 0 aromatic rings. The third kappa shape index (κ3) is 2.85. The third-order valence-electron chi connectivity index (χ3n) is 0.811. The van der Waals surface area contributed by atoms with E-state index in [0.29, 0.717) is 0 Å². The summed E-state index contributed by atoms with van der Waals surface area (Å²) in [7, 11) is 0. The molecule has 0 rings (SSSR count). The standard InChI is InChI=1S/C6H9I/c1-3-6(4-2)5-7/h3,5H,1,4H2,2H3. The molecule has 40 valence electrons. The molecule has 0 aliphatic heterocycles. The first-order valence-electron chi connectivity index (χ1n) is 2.26. The molecule has 0 atom stereocenters. The third-order valence-corrected chi connectivity index (χ3v) is 1.61. The van der Waals surface area contributed by atoms with Gasteiger partial charge in [-0.1, -0.05) is 42.2 Å². The summed E-state index contributed by atoms with van der Waals surface area (Å²) in [5.74, 6) is 0. The summed E-state index contributed by atoms with van der Waals surface area (Å²) in [4.78, 5) is 0. The molecule has 0 N–H and O–H groups in total. The fourth-order valence-corrected chi connectivity index (χ4v) is 0.961. The van der Waals surface area contributed by atoms with Gasteiger partial charge in [0.25, 0.3) is 0 Å². The SMILES string of the molecule is C=CC(=CI)CC. The summed E-state index contributed by atoms with van der Waals surface area (Å²) < 4.78 is 2.05. The van der Waals surface area contributed by atoms with Gasteiger partial charge in [0.05, 0.1) is 0 Å². The van der Waals surface area contributed by atoms with E-state index in [9.17, 15) is 0 Å². The van der Waals surface area contributed by atoms with Gasteiger partial charge in [-0.3, -0.25) is 0 Å². The zero-order valence-electron chi connectivity index (χ0n) is 4.45. The van der Waals surface area contributed by atoms with Crippen LogP contribution in [0.5, 0.6) is 0 Å². The molecule has 0 nitrogen and oxygen atoms in total. The normalized spacial score (nSPS) is 11.4. The minimum Gasteiger partial charge on any atom is -0.0988 e. The lowest BCUT2D eigenvalue weighted by molar-refractivity contribution is 1.16. The van der Waals surface area contributed by atoms with Gasteiger partial charge in [-0.15, -0.1) is 0 Å². The highest BCUT2D eigenvalue weighted by atomic mass is 127. The average molecular weight is 208 g/mol. The number of rotatable bonds is 2. The molecular weight excluding hydrogens is 199 g/mol. The molecule has 0 saturated heterocycles. The Hall–Kier alpha value is 0.210. The molecule has 0 saturated carbocycles. The van der Waals surface area contributed by atoms with Crippen molar-refractivity contribution in [2.45, 2.75) is 13.3 Å². The van der Waals surface area contributed by atoms with Crippen molar-refractivity contribution in [3.8, 4) is 0 Å². The molecule has 0 amide bonds. The van der Waals surface area contributed by atoms with Crippen LogP contribution in [-0.2, 0) is 0 Å². The van der Waals surface area contributed by atoms with E-state index in [-0.39, 0.29) is 0 Å². The monoisotopic (exact) mass is 208 g/mol. The maximum atomic E-state index is 3.63. The van der Waals surface area contributed by atoms with Gasteiger partial charge in [0.1, 0.15) is 0 Å². The highest BCUT2D eigenvalue weighted by Gasteiger charge is 1.78. The van der Waals surface area contributed by atoms with Crippen molar-refractivity contribution in [2.24, 2.45) is 0 Å². The molecule has 0 aromatic carbocycles. The lowest BCUT2D eigenvalue weighted by Crippen LogP contribution is -1.65. The average Bonchev–Trinajstić information content (AvgIpc) is 1.72. The second-order valence-electron chi connectivity index (χ2n) is 1.24. The summed E-state index contributed by atoms with van der Waals surface area (Å²) in [6.07, 6.45) is 2.97. The lowest BCUT2D eigenvalue weighted by atomic mass is 10.2.